The minimum absolute atomic E-state index is 0.0830. The third-order valence-corrected chi connectivity index (χ3v) is 4.59. The summed E-state index contributed by atoms with van der Waals surface area (Å²) in [7, 11) is 0. The lowest BCUT2D eigenvalue weighted by Crippen LogP contribution is -2.27. The zero-order valence-corrected chi connectivity index (χ0v) is 14.6. The molecule has 0 aliphatic heterocycles. The lowest BCUT2D eigenvalue weighted by molar-refractivity contribution is -0.118. The van der Waals surface area contributed by atoms with Gasteiger partial charge in [-0.1, -0.05) is 30.0 Å². The molecule has 0 spiro atoms. The number of ether oxygens (including phenoxy) is 1. The first-order chi connectivity index (χ1) is 12.6. The fourth-order valence-corrected chi connectivity index (χ4v) is 3.19. The summed E-state index contributed by atoms with van der Waals surface area (Å²) in [5.74, 6) is 0.311. The summed E-state index contributed by atoms with van der Waals surface area (Å²) in [6, 6.07) is 12.2. The highest BCUT2D eigenvalue weighted by Crippen LogP contribution is 2.18. The first-order valence-electron chi connectivity index (χ1n) is 7.97. The van der Waals surface area contributed by atoms with Crippen molar-refractivity contribution in [3.63, 3.8) is 0 Å². The van der Waals surface area contributed by atoms with Crippen LogP contribution in [-0.2, 0) is 11.2 Å². The first kappa shape index (κ1) is 18.2. The van der Waals surface area contributed by atoms with Crippen LogP contribution in [0.4, 0.5) is 8.78 Å². The molecular formula is C18H17F2N3O2S. The van der Waals surface area contributed by atoms with Crippen LogP contribution in [0.1, 0.15) is 5.56 Å². The molecule has 136 valence electrons. The zero-order chi connectivity index (χ0) is 18.4. The van der Waals surface area contributed by atoms with Crippen LogP contribution in [0.25, 0.3) is 5.52 Å². The molecule has 2 heterocycles. The molecule has 0 bridgehead atoms. The van der Waals surface area contributed by atoms with Crippen LogP contribution < -0.4 is 10.1 Å². The van der Waals surface area contributed by atoms with Crippen LogP contribution in [0.2, 0.25) is 0 Å². The molecule has 0 unspecified atom stereocenters. The Hall–Kier alpha value is -2.61. The van der Waals surface area contributed by atoms with Crippen molar-refractivity contribution < 1.29 is 18.3 Å². The number of nitrogens with one attached hydrogen (secondary N) is 1. The summed E-state index contributed by atoms with van der Waals surface area (Å²) in [5.41, 5.74) is 1.91. The number of thioether (sulfide) groups is 1. The molecule has 0 radical (unpaired) electrons. The van der Waals surface area contributed by atoms with E-state index in [0.717, 1.165) is 16.2 Å². The largest absolute Gasteiger partial charge is 0.435 e. The molecule has 0 aliphatic rings. The van der Waals surface area contributed by atoms with Crippen molar-refractivity contribution in [2.24, 2.45) is 0 Å². The van der Waals surface area contributed by atoms with Crippen molar-refractivity contribution in [3.8, 4) is 5.75 Å². The summed E-state index contributed by atoms with van der Waals surface area (Å²) in [6.45, 7) is -2.36. The molecule has 5 nitrogen and oxygen atoms in total. The molecule has 1 aromatic carbocycles. The second kappa shape index (κ2) is 8.66. The minimum atomic E-state index is -2.83. The summed E-state index contributed by atoms with van der Waals surface area (Å²) >= 11 is 1.37. The van der Waals surface area contributed by atoms with Gasteiger partial charge in [0.1, 0.15) is 5.75 Å². The number of aromatic nitrogens is 2. The summed E-state index contributed by atoms with van der Waals surface area (Å²) in [6.07, 6.45) is 4.28. The van der Waals surface area contributed by atoms with Gasteiger partial charge in [-0.2, -0.15) is 8.78 Å². The molecule has 1 N–H and O–H groups in total. The van der Waals surface area contributed by atoms with E-state index in [4.69, 9.17) is 0 Å². The Morgan fingerprint density at radius 1 is 1.23 bits per heavy atom. The number of hydrogen-bond acceptors (Lipinski definition) is 4. The van der Waals surface area contributed by atoms with Crippen molar-refractivity contribution in [1.82, 2.24) is 14.7 Å². The number of amides is 1. The predicted molar refractivity (Wildman–Crippen MR) is 95.7 cm³/mol. The molecule has 8 heteroatoms. The van der Waals surface area contributed by atoms with Crippen LogP contribution in [-0.4, -0.2) is 34.2 Å². The van der Waals surface area contributed by atoms with Gasteiger partial charge in [-0.15, -0.1) is 0 Å². The van der Waals surface area contributed by atoms with Crippen molar-refractivity contribution in [2.75, 3.05) is 12.3 Å². The maximum absolute atomic E-state index is 12.1. The summed E-state index contributed by atoms with van der Waals surface area (Å²) in [4.78, 5) is 16.3. The second-order valence-corrected chi connectivity index (χ2v) is 6.39. The number of rotatable bonds is 8. The molecule has 26 heavy (non-hydrogen) atoms. The number of hydrogen-bond donors (Lipinski definition) is 1. The number of fused-ring (bicyclic) bond motifs is 1. The number of carbonyl (C=O) groups is 1. The molecule has 0 aliphatic carbocycles. The van der Waals surface area contributed by atoms with E-state index in [9.17, 15) is 13.6 Å². The standard InChI is InChI=1S/C18H17F2N3O2S/c19-17(20)25-15-6-4-13(5-7-15)8-9-21-16(24)12-26-18-22-11-14-3-1-2-10-23(14)18/h1-7,10-11,17H,8-9,12H2,(H,21,24). The number of alkyl halides is 2. The van der Waals surface area contributed by atoms with E-state index in [0.29, 0.717) is 13.0 Å². The van der Waals surface area contributed by atoms with E-state index in [-0.39, 0.29) is 17.4 Å². The Labute approximate surface area is 153 Å². The van der Waals surface area contributed by atoms with Gasteiger partial charge < -0.3 is 10.1 Å². The molecule has 1 amide bonds. The third-order valence-electron chi connectivity index (χ3n) is 3.62. The van der Waals surface area contributed by atoms with E-state index in [2.05, 4.69) is 15.0 Å². The van der Waals surface area contributed by atoms with Crippen LogP contribution in [0.5, 0.6) is 5.75 Å². The number of nitrogens with zero attached hydrogens (tertiary/aromatic N) is 2. The quantitative estimate of drug-likeness (QED) is 0.612. The van der Waals surface area contributed by atoms with Gasteiger partial charge in [-0.3, -0.25) is 9.20 Å². The van der Waals surface area contributed by atoms with Crippen LogP contribution in [0.3, 0.4) is 0 Å². The fraction of sp³-hybridized carbons (Fsp3) is 0.222. The van der Waals surface area contributed by atoms with E-state index >= 15 is 0 Å². The maximum atomic E-state index is 12.1. The monoisotopic (exact) mass is 377 g/mol. The smallest absolute Gasteiger partial charge is 0.387 e. The predicted octanol–water partition coefficient (Wildman–Crippen LogP) is 3.39. The Morgan fingerprint density at radius 2 is 2.04 bits per heavy atom. The normalized spacial score (nSPS) is 11.0. The average Bonchev–Trinajstić information content (AvgIpc) is 3.04. The Bertz CT molecular complexity index is 868. The SMILES string of the molecule is O=C(CSc1ncc2ccccn12)NCCc1ccc(OC(F)F)cc1. The zero-order valence-electron chi connectivity index (χ0n) is 13.8. The second-order valence-electron chi connectivity index (χ2n) is 5.45. The molecule has 2 aromatic heterocycles. The summed E-state index contributed by atoms with van der Waals surface area (Å²) < 4.78 is 30.4. The van der Waals surface area contributed by atoms with Gasteiger partial charge in [-0.25, -0.2) is 4.98 Å². The van der Waals surface area contributed by atoms with E-state index in [1.165, 1.54) is 23.9 Å². The number of halogens is 2. The van der Waals surface area contributed by atoms with Gasteiger partial charge in [0.25, 0.3) is 0 Å². The van der Waals surface area contributed by atoms with E-state index in [1.54, 1.807) is 18.3 Å². The molecule has 0 saturated heterocycles. The van der Waals surface area contributed by atoms with Gasteiger partial charge in [0.05, 0.1) is 17.5 Å². The Kier molecular flexibility index (Phi) is 6.06. The molecule has 3 aromatic rings. The molecule has 3 rings (SSSR count). The minimum Gasteiger partial charge on any atom is -0.435 e. The fourth-order valence-electron chi connectivity index (χ4n) is 2.39. The van der Waals surface area contributed by atoms with Gasteiger partial charge in [-0.05, 0) is 36.2 Å². The third kappa shape index (κ3) is 4.95. The lowest BCUT2D eigenvalue weighted by atomic mass is 10.1. The van der Waals surface area contributed by atoms with Crippen molar-refractivity contribution >= 4 is 23.2 Å². The number of carbonyl (C=O) groups excluding carboxylic acids is 1. The highest BCUT2D eigenvalue weighted by atomic mass is 32.2. The maximum Gasteiger partial charge on any atom is 0.387 e. The van der Waals surface area contributed by atoms with Crippen LogP contribution in [0, 0.1) is 0 Å². The Morgan fingerprint density at radius 3 is 2.81 bits per heavy atom. The Balaban J connectivity index is 1.41. The summed E-state index contributed by atoms with van der Waals surface area (Å²) in [5, 5.41) is 3.61. The number of pyridine rings is 1. The molecule has 0 atom stereocenters. The number of imidazole rings is 1. The van der Waals surface area contributed by atoms with Gasteiger partial charge in [0.2, 0.25) is 5.91 Å². The van der Waals surface area contributed by atoms with Gasteiger partial charge >= 0.3 is 6.61 Å². The van der Waals surface area contributed by atoms with Crippen molar-refractivity contribution in [1.29, 1.82) is 0 Å². The van der Waals surface area contributed by atoms with E-state index < -0.39 is 6.61 Å². The van der Waals surface area contributed by atoms with E-state index in [1.807, 2.05) is 28.8 Å². The van der Waals surface area contributed by atoms with Gasteiger partial charge in [0, 0.05) is 12.7 Å². The topological polar surface area (TPSA) is 55.6 Å². The molecular weight excluding hydrogens is 360 g/mol. The molecule has 0 fully saturated rings. The average molecular weight is 377 g/mol. The van der Waals surface area contributed by atoms with Crippen LogP contribution in [0.15, 0.2) is 60.0 Å². The highest BCUT2D eigenvalue weighted by Gasteiger charge is 2.08. The van der Waals surface area contributed by atoms with Crippen molar-refractivity contribution in [3.05, 3.63) is 60.4 Å². The highest BCUT2D eigenvalue weighted by molar-refractivity contribution is 7.99. The number of benzene rings is 1. The first-order valence-corrected chi connectivity index (χ1v) is 8.96. The van der Waals surface area contributed by atoms with Crippen LogP contribution >= 0.6 is 11.8 Å². The molecule has 0 saturated carbocycles. The van der Waals surface area contributed by atoms with Crippen molar-refractivity contribution in [2.45, 2.75) is 18.2 Å². The lowest BCUT2D eigenvalue weighted by Gasteiger charge is -2.07. The van der Waals surface area contributed by atoms with Gasteiger partial charge in [0.15, 0.2) is 5.16 Å².